The zero-order valence-corrected chi connectivity index (χ0v) is 6.93. The van der Waals surface area contributed by atoms with Crippen LogP contribution >= 0.6 is 0 Å². The molecule has 0 fully saturated rings. The number of hydrogen-bond acceptors (Lipinski definition) is 3. The molecule has 5 N–H and O–H groups in total. The Kier molecular flexibility index (Phi) is 5.58. The van der Waals surface area contributed by atoms with Gasteiger partial charge in [0, 0.05) is 19.1 Å². The fraction of sp³-hybridized carbons (Fsp3) is 1.00. The molecule has 0 aliphatic rings. The van der Waals surface area contributed by atoms with Gasteiger partial charge in [-0.05, 0) is 12.5 Å². The highest BCUT2D eigenvalue weighted by Crippen LogP contribution is 1.86. The zero-order chi connectivity index (χ0) is 7.98. The van der Waals surface area contributed by atoms with Crippen LogP contribution in [0.3, 0.4) is 0 Å². The number of nitrogens with one attached hydrogen (secondary N) is 1. The Morgan fingerprint density at radius 2 is 1.90 bits per heavy atom. The van der Waals surface area contributed by atoms with Gasteiger partial charge in [0.15, 0.2) is 0 Å². The van der Waals surface area contributed by atoms with Crippen molar-refractivity contribution in [2.45, 2.75) is 19.9 Å². The molecule has 3 nitrogen and oxygen atoms in total. The molecule has 0 aromatic heterocycles. The molecular weight excluding hydrogens is 126 g/mol. The van der Waals surface area contributed by atoms with Crippen LogP contribution in [0.2, 0.25) is 0 Å². The summed E-state index contributed by atoms with van der Waals surface area (Å²) in [7, 11) is 0. The van der Waals surface area contributed by atoms with E-state index in [0.29, 0.717) is 12.5 Å². The van der Waals surface area contributed by atoms with Crippen molar-refractivity contribution in [3.05, 3.63) is 0 Å². The summed E-state index contributed by atoms with van der Waals surface area (Å²) in [6.45, 7) is 6.75. The fourth-order valence-corrected chi connectivity index (χ4v) is 0.641. The average Bonchev–Trinajstić information content (AvgIpc) is 1.87. The van der Waals surface area contributed by atoms with Crippen LogP contribution in [-0.4, -0.2) is 25.7 Å². The molecular formula is C7H19N3. The minimum atomic E-state index is 0.110. The molecule has 0 aromatic rings. The van der Waals surface area contributed by atoms with Crippen molar-refractivity contribution in [2.24, 2.45) is 17.4 Å². The molecule has 0 aliphatic carbocycles. The van der Waals surface area contributed by atoms with Crippen molar-refractivity contribution in [2.75, 3.05) is 19.6 Å². The summed E-state index contributed by atoms with van der Waals surface area (Å²) < 4.78 is 0. The lowest BCUT2D eigenvalue weighted by Gasteiger charge is -2.11. The molecule has 0 amide bonds. The van der Waals surface area contributed by atoms with Crippen molar-refractivity contribution < 1.29 is 0 Å². The lowest BCUT2D eigenvalue weighted by atomic mass is 10.2. The van der Waals surface area contributed by atoms with Crippen LogP contribution in [0.4, 0.5) is 0 Å². The van der Waals surface area contributed by atoms with E-state index in [0.717, 1.165) is 13.1 Å². The Hall–Kier alpha value is -0.120. The van der Waals surface area contributed by atoms with E-state index in [1.807, 2.05) is 0 Å². The third-order valence-corrected chi connectivity index (χ3v) is 1.26. The van der Waals surface area contributed by atoms with E-state index in [4.69, 9.17) is 11.5 Å². The number of hydrogen-bond donors (Lipinski definition) is 3. The van der Waals surface area contributed by atoms with Gasteiger partial charge in [-0.2, -0.15) is 0 Å². The van der Waals surface area contributed by atoms with Crippen LogP contribution in [0.15, 0.2) is 0 Å². The molecule has 0 saturated heterocycles. The lowest BCUT2D eigenvalue weighted by molar-refractivity contribution is 0.516. The Morgan fingerprint density at radius 1 is 1.30 bits per heavy atom. The van der Waals surface area contributed by atoms with Crippen molar-refractivity contribution in [3.63, 3.8) is 0 Å². The van der Waals surface area contributed by atoms with Crippen LogP contribution in [0.5, 0.6) is 0 Å². The van der Waals surface area contributed by atoms with E-state index < -0.39 is 0 Å². The minimum absolute atomic E-state index is 0.110. The van der Waals surface area contributed by atoms with Crippen LogP contribution in [-0.2, 0) is 0 Å². The topological polar surface area (TPSA) is 64.1 Å². The molecule has 62 valence electrons. The summed E-state index contributed by atoms with van der Waals surface area (Å²) in [6.07, 6.45) is 0. The molecule has 0 bridgehead atoms. The van der Waals surface area contributed by atoms with E-state index in [1.54, 1.807) is 0 Å². The van der Waals surface area contributed by atoms with Crippen LogP contribution in [0, 0.1) is 5.92 Å². The van der Waals surface area contributed by atoms with Crippen molar-refractivity contribution in [1.82, 2.24) is 5.32 Å². The maximum atomic E-state index is 5.57. The molecule has 0 aliphatic heterocycles. The standard InChI is InChI=1S/C7H19N3/c1-6(2)4-10-5-7(9)3-8/h6-7,10H,3-5,8-9H2,1-2H3. The highest BCUT2D eigenvalue weighted by molar-refractivity contribution is 4.64. The van der Waals surface area contributed by atoms with Gasteiger partial charge in [-0.1, -0.05) is 13.8 Å². The van der Waals surface area contributed by atoms with Gasteiger partial charge in [-0.3, -0.25) is 0 Å². The predicted molar refractivity (Wildman–Crippen MR) is 44.7 cm³/mol. The number of nitrogens with two attached hydrogens (primary N) is 2. The Labute approximate surface area is 63.2 Å². The second-order valence-corrected chi connectivity index (χ2v) is 3.05. The van der Waals surface area contributed by atoms with Crippen LogP contribution in [0.1, 0.15) is 13.8 Å². The van der Waals surface area contributed by atoms with Crippen molar-refractivity contribution >= 4 is 0 Å². The van der Waals surface area contributed by atoms with E-state index in [2.05, 4.69) is 19.2 Å². The summed E-state index contributed by atoms with van der Waals surface area (Å²) in [4.78, 5) is 0. The van der Waals surface area contributed by atoms with Gasteiger partial charge in [0.2, 0.25) is 0 Å². The third-order valence-electron chi connectivity index (χ3n) is 1.26. The van der Waals surface area contributed by atoms with Gasteiger partial charge in [0.25, 0.3) is 0 Å². The summed E-state index contributed by atoms with van der Waals surface area (Å²) in [6, 6.07) is 0.110. The van der Waals surface area contributed by atoms with Gasteiger partial charge in [-0.25, -0.2) is 0 Å². The first-order valence-electron chi connectivity index (χ1n) is 3.83. The summed E-state index contributed by atoms with van der Waals surface area (Å²) in [5.41, 5.74) is 10.9. The predicted octanol–water partition coefficient (Wildman–Crippen LogP) is -0.482. The van der Waals surface area contributed by atoms with Crippen LogP contribution in [0.25, 0.3) is 0 Å². The molecule has 10 heavy (non-hydrogen) atoms. The third kappa shape index (κ3) is 6.01. The maximum Gasteiger partial charge on any atom is 0.0290 e. The van der Waals surface area contributed by atoms with Gasteiger partial charge >= 0.3 is 0 Å². The van der Waals surface area contributed by atoms with Gasteiger partial charge in [0.1, 0.15) is 0 Å². The molecule has 3 heteroatoms. The summed E-state index contributed by atoms with van der Waals surface area (Å²) >= 11 is 0. The highest BCUT2D eigenvalue weighted by atomic mass is 14.9. The smallest absolute Gasteiger partial charge is 0.0290 e. The SMILES string of the molecule is CC(C)CNCC(N)CN. The average molecular weight is 145 g/mol. The fourth-order valence-electron chi connectivity index (χ4n) is 0.641. The molecule has 0 radical (unpaired) electrons. The second kappa shape index (κ2) is 5.65. The van der Waals surface area contributed by atoms with Gasteiger partial charge < -0.3 is 16.8 Å². The minimum Gasteiger partial charge on any atom is -0.329 e. The van der Waals surface area contributed by atoms with E-state index in [-0.39, 0.29) is 6.04 Å². The van der Waals surface area contributed by atoms with Crippen molar-refractivity contribution in [3.8, 4) is 0 Å². The van der Waals surface area contributed by atoms with Crippen LogP contribution < -0.4 is 16.8 Å². The largest absolute Gasteiger partial charge is 0.329 e. The maximum absolute atomic E-state index is 5.57. The summed E-state index contributed by atoms with van der Waals surface area (Å²) in [5, 5.41) is 3.23. The molecule has 0 heterocycles. The Bertz CT molecular complexity index is 73.3. The van der Waals surface area contributed by atoms with E-state index in [9.17, 15) is 0 Å². The van der Waals surface area contributed by atoms with Crippen molar-refractivity contribution in [1.29, 1.82) is 0 Å². The molecule has 1 unspecified atom stereocenters. The molecule has 0 spiro atoms. The molecule has 1 atom stereocenters. The van der Waals surface area contributed by atoms with Gasteiger partial charge in [0.05, 0.1) is 0 Å². The highest BCUT2D eigenvalue weighted by Gasteiger charge is 1.98. The normalized spacial score (nSPS) is 14.1. The lowest BCUT2D eigenvalue weighted by Crippen LogP contribution is -2.40. The quantitative estimate of drug-likeness (QED) is 0.489. The zero-order valence-electron chi connectivity index (χ0n) is 6.93. The monoisotopic (exact) mass is 145 g/mol. The molecule has 0 rings (SSSR count). The van der Waals surface area contributed by atoms with Gasteiger partial charge in [-0.15, -0.1) is 0 Å². The Balaban J connectivity index is 3.03. The first kappa shape index (κ1) is 9.88. The first-order chi connectivity index (χ1) is 4.66. The number of rotatable bonds is 5. The summed E-state index contributed by atoms with van der Waals surface area (Å²) in [5.74, 6) is 0.685. The molecule has 0 saturated carbocycles. The van der Waals surface area contributed by atoms with E-state index >= 15 is 0 Å². The first-order valence-corrected chi connectivity index (χ1v) is 3.83. The Morgan fingerprint density at radius 3 is 2.30 bits per heavy atom. The van der Waals surface area contributed by atoms with E-state index in [1.165, 1.54) is 0 Å². The second-order valence-electron chi connectivity index (χ2n) is 3.05. The molecule has 0 aromatic carbocycles.